The summed E-state index contributed by atoms with van der Waals surface area (Å²) in [4.78, 5) is 14.5. The first-order valence-electron chi connectivity index (χ1n) is 9.44. The number of carbonyl (C=O) groups is 1. The van der Waals surface area contributed by atoms with Crippen molar-refractivity contribution in [2.24, 2.45) is 5.92 Å². The number of hydrogen-bond donors (Lipinski definition) is 1. The fourth-order valence-electron chi connectivity index (χ4n) is 4.86. The molecule has 1 N–H and O–H groups in total. The Morgan fingerprint density at radius 2 is 2.15 bits per heavy atom. The lowest BCUT2D eigenvalue weighted by Crippen LogP contribution is -2.50. The highest BCUT2D eigenvalue weighted by molar-refractivity contribution is 5.70. The van der Waals surface area contributed by atoms with Crippen molar-refractivity contribution < 1.29 is 19.4 Å². The summed E-state index contributed by atoms with van der Waals surface area (Å²) in [6.45, 7) is 1.07. The minimum absolute atomic E-state index is 0.0768. The third-order valence-corrected chi connectivity index (χ3v) is 6.14. The zero-order valence-corrected chi connectivity index (χ0v) is 14.8. The van der Waals surface area contributed by atoms with Crippen molar-refractivity contribution in [3.05, 3.63) is 35.9 Å². The summed E-state index contributed by atoms with van der Waals surface area (Å²) in [5, 5.41) is 11.5. The number of fused-ring (bicyclic) bond motifs is 1. The van der Waals surface area contributed by atoms with E-state index in [0.29, 0.717) is 26.1 Å². The molecule has 26 heavy (non-hydrogen) atoms. The Bertz CT molecular complexity index is 694. The van der Waals surface area contributed by atoms with Crippen LogP contribution in [-0.2, 0) is 15.1 Å². The largest absolute Gasteiger partial charge is 0.444 e. The molecule has 0 aromatic heterocycles. The smallest absolute Gasteiger partial charge is 0.411 e. The zero-order valence-electron chi connectivity index (χ0n) is 14.8. The van der Waals surface area contributed by atoms with Crippen LogP contribution in [0.25, 0.3) is 0 Å². The van der Waals surface area contributed by atoms with Gasteiger partial charge in [-0.15, -0.1) is 6.42 Å². The number of ether oxygens (including phenoxy) is 2. The zero-order chi connectivity index (χ0) is 18.1. The minimum Gasteiger partial charge on any atom is -0.444 e. The normalized spacial score (nSPS) is 36.4. The predicted octanol–water partition coefficient (Wildman–Crippen LogP) is 2.68. The monoisotopic (exact) mass is 355 g/mol. The van der Waals surface area contributed by atoms with Crippen LogP contribution in [0.15, 0.2) is 30.3 Å². The Balaban J connectivity index is 1.60. The maximum atomic E-state index is 12.8. The maximum absolute atomic E-state index is 12.8. The first kappa shape index (κ1) is 17.4. The molecule has 1 aromatic rings. The molecule has 5 atom stereocenters. The van der Waals surface area contributed by atoms with Crippen LogP contribution in [0.3, 0.4) is 0 Å². The van der Waals surface area contributed by atoms with Gasteiger partial charge in [-0.2, -0.15) is 0 Å². The van der Waals surface area contributed by atoms with E-state index in [-0.39, 0.29) is 30.2 Å². The summed E-state index contributed by atoms with van der Waals surface area (Å²) in [5.41, 5.74) is -0.0463. The summed E-state index contributed by atoms with van der Waals surface area (Å²) >= 11 is 0. The number of amides is 1. The molecule has 2 saturated heterocycles. The molecule has 0 spiro atoms. The van der Waals surface area contributed by atoms with Crippen LogP contribution >= 0.6 is 0 Å². The predicted molar refractivity (Wildman–Crippen MR) is 96.2 cm³/mol. The first-order chi connectivity index (χ1) is 12.6. The molecule has 0 bridgehead atoms. The third-order valence-electron chi connectivity index (χ3n) is 6.14. The lowest BCUT2D eigenvalue weighted by Gasteiger charge is -2.43. The number of nitrogens with zero attached hydrogens (tertiary/aromatic N) is 1. The van der Waals surface area contributed by atoms with Gasteiger partial charge in [-0.25, -0.2) is 4.79 Å². The molecular weight excluding hydrogens is 330 g/mol. The van der Waals surface area contributed by atoms with Crippen LogP contribution in [-0.4, -0.2) is 47.5 Å². The molecule has 1 aromatic carbocycles. The van der Waals surface area contributed by atoms with E-state index < -0.39 is 5.60 Å². The molecule has 5 heteroatoms. The molecule has 2 aliphatic heterocycles. The second kappa shape index (κ2) is 6.94. The van der Waals surface area contributed by atoms with Gasteiger partial charge in [-0.3, -0.25) is 4.90 Å². The number of terminal acetylenes is 1. The van der Waals surface area contributed by atoms with Gasteiger partial charge in [0.2, 0.25) is 0 Å². The lowest BCUT2D eigenvalue weighted by atomic mass is 9.69. The van der Waals surface area contributed by atoms with Gasteiger partial charge >= 0.3 is 6.09 Å². The molecule has 2 heterocycles. The molecule has 0 radical (unpaired) electrons. The van der Waals surface area contributed by atoms with Crippen LogP contribution in [0.4, 0.5) is 4.79 Å². The standard InChI is InChI=1S/C21H25NO4/c1-2-16-13-18-19(22(16)20(23)26-17-10-12-25-14-17)9-6-11-21(18,24)15-7-4-3-5-8-15/h1,3-5,7-8,16-19,24H,6,9-14H2/t16?,17-,18?,19?,21?/m0/s1. The summed E-state index contributed by atoms with van der Waals surface area (Å²) in [7, 11) is 0. The van der Waals surface area contributed by atoms with E-state index in [4.69, 9.17) is 15.9 Å². The fraction of sp³-hybridized carbons (Fsp3) is 0.571. The number of rotatable bonds is 2. The highest BCUT2D eigenvalue weighted by Gasteiger charge is 2.55. The molecule has 3 fully saturated rings. The van der Waals surface area contributed by atoms with Crippen molar-refractivity contribution in [3.63, 3.8) is 0 Å². The van der Waals surface area contributed by atoms with Crippen molar-refractivity contribution in [1.29, 1.82) is 0 Å². The van der Waals surface area contributed by atoms with Crippen molar-refractivity contribution in [2.45, 2.75) is 55.9 Å². The van der Waals surface area contributed by atoms with Gasteiger partial charge in [0, 0.05) is 18.4 Å². The van der Waals surface area contributed by atoms with Crippen LogP contribution < -0.4 is 0 Å². The third kappa shape index (κ3) is 2.87. The van der Waals surface area contributed by atoms with Crippen molar-refractivity contribution in [3.8, 4) is 12.3 Å². The Morgan fingerprint density at radius 1 is 1.35 bits per heavy atom. The van der Waals surface area contributed by atoms with Gasteiger partial charge in [0.15, 0.2) is 0 Å². The second-order valence-electron chi connectivity index (χ2n) is 7.55. The molecule has 5 nitrogen and oxygen atoms in total. The van der Waals surface area contributed by atoms with E-state index in [0.717, 1.165) is 24.8 Å². The van der Waals surface area contributed by atoms with Gasteiger partial charge in [-0.1, -0.05) is 36.3 Å². The maximum Gasteiger partial charge on any atom is 0.411 e. The highest BCUT2D eigenvalue weighted by atomic mass is 16.6. The molecule has 4 unspecified atom stereocenters. The van der Waals surface area contributed by atoms with E-state index in [1.165, 1.54) is 0 Å². The average molecular weight is 355 g/mol. The topological polar surface area (TPSA) is 59.0 Å². The van der Waals surface area contributed by atoms with E-state index in [1.807, 2.05) is 30.3 Å². The number of likely N-dealkylation sites (tertiary alicyclic amines) is 1. The van der Waals surface area contributed by atoms with E-state index in [1.54, 1.807) is 4.90 Å². The summed E-state index contributed by atoms with van der Waals surface area (Å²) < 4.78 is 10.9. The van der Waals surface area contributed by atoms with Crippen LogP contribution in [0, 0.1) is 18.3 Å². The molecule has 4 rings (SSSR count). The summed E-state index contributed by atoms with van der Waals surface area (Å²) in [6.07, 6.45) is 8.88. The van der Waals surface area contributed by atoms with Gasteiger partial charge in [0.05, 0.1) is 24.9 Å². The molecule has 1 saturated carbocycles. The Kier molecular flexibility index (Phi) is 4.64. The van der Waals surface area contributed by atoms with Gasteiger partial charge in [-0.05, 0) is 31.2 Å². The number of aliphatic hydroxyl groups is 1. The number of carbonyl (C=O) groups excluding carboxylic acids is 1. The van der Waals surface area contributed by atoms with Crippen molar-refractivity contribution in [1.82, 2.24) is 4.90 Å². The molecule has 3 aliphatic rings. The summed E-state index contributed by atoms with van der Waals surface area (Å²) in [6, 6.07) is 9.32. The molecule has 1 aliphatic carbocycles. The number of benzene rings is 1. The fourth-order valence-corrected chi connectivity index (χ4v) is 4.86. The van der Waals surface area contributed by atoms with E-state index in [9.17, 15) is 9.90 Å². The SMILES string of the molecule is C#CC1CC2C(CCCC2(O)c2ccccc2)N1C(=O)O[C@H]1CCOC1. The Morgan fingerprint density at radius 3 is 2.85 bits per heavy atom. The first-order valence-corrected chi connectivity index (χ1v) is 9.44. The second-order valence-corrected chi connectivity index (χ2v) is 7.55. The van der Waals surface area contributed by atoms with Crippen molar-refractivity contribution >= 4 is 6.09 Å². The van der Waals surface area contributed by atoms with Crippen LogP contribution in [0.2, 0.25) is 0 Å². The van der Waals surface area contributed by atoms with Gasteiger partial charge < -0.3 is 14.6 Å². The van der Waals surface area contributed by atoms with E-state index in [2.05, 4.69) is 5.92 Å². The molecular formula is C21H25NO4. The highest BCUT2D eigenvalue weighted by Crippen LogP contribution is 2.50. The van der Waals surface area contributed by atoms with Gasteiger partial charge in [0.25, 0.3) is 0 Å². The molecule has 138 valence electrons. The van der Waals surface area contributed by atoms with Crippen LogP contribution in [0.5, 0.6) is 0 Å². The average Bonchev–Trinajstić information content (AvgIpc) is 3.30. The van der Waals surface area contributed by atoms with E-state index >= 15 is 0 Å². The quantitative estimate of drug-likeness (QED) is 0.829. The number of hydrogen-bond acceptors (Lipinski definition) is 4. The Labute approximate surface area is 154 Å². The van der Waals surface area contributed by atoms with Crippen molar-refractivity contribution in [2.75, 3.05) is 13.2 Å². The van der Waals surface area contributed by atoms with Crippen LogP contribution in [0.1, 0.15) is 37.7 Å². The van der Waals surface area contributed by atoms with Gasteiger partial charge in [0.1, 0.15) is 6.10 Å². The molecule has 1 amide bonds. The summed E-state index contributed by atoms with van der Waals surface area (Å²) in [5.74, 6) is 2.67. The Hall–Kier alpha value is -2.03. The minimum atomic E-state index is -0.954. The lowest BCUT2D eigenvalue weighted by molar-refractivity contribution is -0.0681.